The van der Waals surface area contributed by atoms with Gasteiger partial charge in [0.15, 0.2) is 0 Å². The average molecular weight is 368 g/mol. The molecule has 1 fully saturated rings. The van der Waals surface area contributed by atoms with Crippen LogP contribution in [0.1, 0.15) is 42.6 Å². The van der Waals surface area contributed by atoms with Crippen molar-refractivity contribution in [2.45, 2.75) is 39.3 Å². The fraction of sp³-hybridized carbons (Fsp3) is 0.579. The number of likely N-dealkylation sites (tertiary alicyclic amines) is 1. The first-order valence-electron chi connectivity index (χ1n) is 8.72. The lowest BCUT2D eigenvalue weighted by molar-refractivity contribution is -0.133. The maximum Gasteiger partial charge on any atom is 0.253 e. The molecule has 1 unspecified atom stereocenters. The molecule has 0 aromatic heterocycles. The van der Waals surface area contributed by atoms with Gasteiger partial charge < -0.3 is 15.1 Å². The van der Waals surface area contributed by atoms with Crippen LogP contribution in [0.3, 0.4) is 0 Å². The van der Waals surface area contributed by atoms with Crippen molar-refractivity contribution >= 4 is 24.2 Å². The molecule has 25 heavy (non-hydrogen) atoms. The molecule has 0 saturated carbocycles. The fourth-order valence-corrected chi connectivity index (χ4v) is 3.13. The second kappa shape index (κ2) is 9.78. The SMILES string of the molecule is CNC1CCCN(C(=O)c2ccc(CN(C)C(=O)C(C)C)cc2)C1.Cl. The molecule has 1 aromatic rings. The van der Waals surface area contributed by atoms with Gasteiger partial charge in [-0.15, -0.1) is 12.4 Å². The van der Waals surface area contributed by atoms with Crippen molar-refractivity contribution < 1.29 is 9.59 Å². The Balaban J connectivity index is 0.00000312. The second-order valence-corrected chi connectivity index (χ2v) is 6.92. The molecule has 1 saturated heterocycles. The van der Waals surface area contributed by atoms with E-state index in [9.17, 15) is 9.59 Å². The third-order valence-electron chi connectivity index (χ3n) is 4.61. The third kappa shape index (κ3) is 5.72. The van der Waals surface area contributed by atoms with E-state index < -0.39 is 0 Å². The molecular weight excluding hydrogens is 338 g/mol. The number of nitrogens with one attached hydrogen (secondary N) is 1. The number of rotatable bonds is 5. The smallest absolute Gasteiger partial charge is 0.253 e. The highest BCUT2D eigenvalue weighted by molar-refractivity contribution is 5.94. The van der Waals surface area contributed by atoms with Crippen molar-refractivity contribution in [1.82, 2.24) is 15.1 Å². The van der Waals surface area contributed by atoms with Gasteiger partial charge in [0.2, 0.25) is 5.91 Å². The summed E-state index contributed by atoms with van der Waals surface area (Å²) in [6.45, 7) is 5.96. The van der Waals surface area contributed by atoms with Crippen molar-refractivity contribution in [3.63, 3.8) is 0 Å². The van der Waals surface area contributed by atoms with Crippen molar-refractivity contribution in [1.29, 1.82) is 0 Å². The minimum atomic E-state index is -0.00456. The molecule has 1 N–H and O–H groups in total. The fourth-order valence-electron chi connectivity index (χ4n) is 3.13. The van der Waals surface area contributed by atoms with Gasteiger partial charge in [-0.2, -0.15) is 0 Å². The number of benzene rings is 1. The highest BCUT2D eigenvalue weighted by atomic mass is 35.5. The molecule has 0 radical (unpaired) electrons. The van der Waals surface area contributed by atoms with Gasteiger partial charge in [0.1, 0.15) is 0 Å². The van der Waals surface area contributed by atoms with Crippen molar-refractivity contribution in [2.24, 2.45) is 5.92 Å². The Labute approximate surface area is 157 Å². The molecule has 5 nitrogen and oxygen atoms in total. The Kier molecular flexibility index (Phi) is 8.39. The number of carbonyl (C=O) groups excluding carboxylic acids is 2. The molecule has 2 amide bonds. The molecular formula is C19H30ClN3O2. The van der Waals surface area contributed by atoms with Gasteiger partial charge in [0.25, 0.3) is 5.91 Å². The van der Waals surface area contributed by atoms with Crippen LogP contribution in [0.15, 0.2) is 24.3 Å². The van der Waals surface area contributed by atoms with Crippen LogP contribution in [0.2, 0.25) is 0 Å². The molecule has 0 aliphatic carbocycles. The van der Waals surface area contributed by atoms with Crippen LogP contribution >= 0.6 is 12.4 Å². The van der Waals surface area contributed by atoms with Crippen LogP contribution < -0.4 is 5.32 Å². The zero-order valence-corrected chi connectivity index (χ0v) is 16.4. The number of hydrogen-bond donors (Lipinski definition) is 1. The van der Waals surface area contributed by atoms with Crippen molar-refractivity contribution in [3.8, 4) is 0 Å². The number of carbonyl (C=O) groups is 2. The Hall–Kier alpha value is -1.59. The van der Waals surface area contributed by atoms with Crippen molar-refractivity contribution in [2.75, 3.05) is 27.2 Å². The highest BCUT2D eigenvalue weighted by Crippen LogP contribution is 2.15. The molecule has 1 heterocycles. The Morgan fingerprint density at radius 2 is 1.92 bits per heavy atom. The summed E-state index contributed by atoms with van der Waals surface area (Å²) < 4.78 is 0. The van der Waals surface area contributed by atoms with E-state index in [1.165, 1.54) is 0 Å². The van der Waals surface area contributed by atoms with E-state index in [4.69, 9.17) is 0 Å². The first kappa shape index (κ1) is 21.5. The largest absolute Gasteiger partial charge is 0.341 e. The maximum absolute atomic E-state index is 12.6. The Morgan fingerprint density at radius 3 is 2.48 bits per heavy atom. The van der Waals surface area contributed by atoms with Crippen LogP contribution in [-0.4, -0.2) is 54.8 Å². The standard InChI is InChI=1S/C19H29N3O2.ClH/c1-14(2)18(23)21(4)12-15-7-9-16(10-8-15)19(24)22-11-5-6-17(13-22)20-3;/h7-10,14,17,20H,5-6,11-13H2,1-4H3;1H. The van der Waals surface area contributed by atoms with Crippen LogP contribution in [-0.2, 0) is 11.3 Å². The zero-order valence-electron chi connectivity index (χ0n) is 15.6. The Bertz CT molecular complexity index is 575. The first-order valence-corrected chi connectivity index (χ1v) is 8.72. The van der Waals surface area contributed by atoms with Gasteiger partial charge in [0, 0.05) is 44.2 Å². The summed E-state index contributed by atoms with van der Waals surface area (Å²) in [5.41, 5.74) is 1.75. The summed E-state index contributed by atoms with van der Waals surface area (Å²) >= 11 is 0. The van der Waals surface area contributed by atoms with Gasteiger partial charge in [-0.1, -0.05) is 26.0 Å². The second-order valence-electron chi connectivity index (χ2n) is 6.92. The van der Waals surface area contributed by atoms with E-state index in [1.807, 2.05) is 57.1 Å². The minimum absolute atomic E-state index is 0. The lowest BCUT2D eigenvalue weighted by Gasteiger charge is -2.32. The molecule has 140 valence electrons. The summed E-state index contributed by atoms with van der Waals surface area (Å²) in [5.74, 6) is 0.213. The lowest BCUT2D eigenvalue weighted by atomic mass is 10.0. The quantitative estimate of drug-likeness (QED) is 0.870. The van der Waals surface area contributed by atoms with E-state index in [1.54, 1.807) is 4.90 Å². The van der Waals surface area contributed by atoms with E-state index in [0.29, 0.717) is 18.2 Å². The van der Waals surface area contributed by atoms with Crippen LogP contribution in [0.25, 0.3) is 0 Å². The van der Waals surface area contributed by atoms with E-state index in [2.05, 4.69) is 5.32 Å². The molecule has 6 heteroatoms. The summed E-state index contributed by atoms with van der Waals surface area (Å²) in [5, 5.41) is 3.26. The minimum Gasteiger partial charge on any atom is -0.341 e. The van der Waals surface area contributed by atoms with Gasteiger partial charge in [0.05, 0.1) is 0 Å². The first-order chi connectivity index (χ1) is 11.4. The summed E-state index contributed by atoms with van der Waals surface area (Å²) in [6, 6.07) is 8.01. The van der Waals surface area contributed by atoms with Gasteiger partial charge in [-0.05, 0) is 37.6 Å². The van der Waals surface area contributed by atoms with Crippen LogP contribution in [0.4, 0.5) is 0 Å². The van der Waals surface area contributed by atoms with E-state index in [0.717, 1.165) is 31.5 Å². The molecule has 0 spiro atoms. The zero-order chi connectivity index (χ0) is 17.7. The third-order valence-corrected chi connectivity index (χ3v) is 4.61. The van der Waals surface area contributed by atoms with Gasteiger partial charge in [-0.25, -0.2) is 0 Å². The predicted octanol–water partition coefficient (Wildman–Crippen LogP) is 2.55. The molecule has 1 aliphatic rings. The number of nitrogens with zero attached hydrogens (tertiary/aromatic N) is 2. The highest BCUT2D eigenvalue weighted by Gasteiger charge is 2.23. The van der Waals surface area contributed by atoms with Crippen LogP contribution in [0, 0.1) is 5.92 Å². The topological polar surface area (TPSA) is 52.7 Å². The molecule has 2 rings (SSSR count). The number of amides is 2. The van der Waals surface area contributed by atoms with Crippen LogP contribution in [0.5, 0.6) is 0 Å². The molecule has 1 aliphatic heterocycles. The normalized spacial score (nSPS) is 17.2. The lowest BCUT2D eigenvalue weighted by Crippen LogP contribution is -2.46. The molecule has 1 atom stereocenters. The molecule has 1 aromatic carbocycles. The Morgan fingerprint density at radius 1 is 1.28 bits per heavy atom. The predicted molar refractivity (Wildman–Crippen MR) is 103 cm³/mol. The number of halogens is 1. The average Bonchev–Trinajstić information content (AvgIpc) is 2.61. The summed E-state index contributed by atoms with van der Waals surface area (Å²) in [4.78, 5) is 28.2. The van der Waals surface area contributed by atoms with Gasteiger partial charge in [-0.3, -0.25) is 9.59 Å². The number of likely N-dealkylation sites (N-methyl/N-ethyl adjacent to an activating group) is 1. The van der Waals surface area contributed by atoms with Crippen molar-refractivity contribution in [3.05, 3.63) is 35.4 Å². The summed E-state index contributed by atoms with van der Waals surface area (Å²) in [6.07, 6.45) is 2.16. The summed E-state index contributed by atoms with van der Waals surface area (Å²) in [7, 11) is 3.76. The maximum atomic E-state index is 12.6. The van der Waals surface area contributed by atoms with E-state index in [-0.39, 0.29) is 30.1 Å². The van der Waals surface area contributed by atoms with Gasteiger partial charge >= 0.3 is 0 Å². The van der Waals surface area contributed by atoms with E-state index >= 15 is 0 Å². The number of hydrogen-bond acceptors (Lipinski definition) is 3. The monoisotopic (exact) mass is 367 g/mol. The number of piperidine rings is 1. The molecule has 0 bridgehead atoms.